The molecule has 0 heterocycles. The van der Waals surface area contributed by atoms with Crippen LogP contribution in [0, 0.1) is 0 Å². The van der Waals surface area contributed by atoms with Gasteiger partial charge in [0.2, 0.25) is 12.8 Å². The van der Waals surface area contributed by atoms with Gasteiger partial charge in [-0.1, -0.05) is 0 Å². The summed E-state index contributed by atoms with van der Waals surface area (Å²) in [5.41, 5.74) is 0. The van der Waals surface area contributed by atoms with Gasteiger partial charge in [0.25, 0.3) is 0 Å². The van der Waals surface area contributed by atoms with E-state index in [1.807, 2.05) is 6.79 Å². The number of rotatable bonds is 2. The lowest BCUT2D eigenvalue weighted by Gasteiger charge is -1.93. The molecule has 0 bridgehead atoms. The van der Waals surface area contributed by atoms with Gasteiger partial charge in [-0.2, -0.15) is 0 Å². The van der Waals surface area contributed by atoms with E-state index in [9.17, 15) is 9.59 Å². The number of hydrogen-bond donors (Lipinski definition) is 0. The highest BCUT2D eigenvalue weighted by molar-refractivity contribution is 5.45. The lowest BCUT2D eigenvalue weighted by atomic mass is 11.0. The smallest absolute Gasteiger partial charge is 0.209 e. The molecule has 0 aromatic rings. The van der Waals surface area contributed by atoms with E-state index in [0.717, 1.165) is 12.8 Å². The first-order valence-electron chi connectivity index (χ1n) is 3.07. The van der Waals surface area contributed by atoms with Crippen molar-refractivity contribution < 1.29 is 14.4 Å². The summed E-state index contributed by atoms with van der Waals surface area (Å²) in [6.45, 7) is 2.00. The summed E-state index contributed by atoms with van der Waals surface area (Å²) in [7, 11) is 6.75. The minimum atomic E-state index is 0.750. The summed E-state index contributed by atoms with van der Waals surface area (Å²) in [4.78, 5) is 29.8. The first kappa shape index (κ1) is 16.9. The number of carbonyl (C=O) groups is 3. The van der Waals surface area contributed by atoms with Crippen molar-refractivity contribution in [3.63, 3.8) is 0 Å². The number of hydrogen-bond acceptors (Lipinski definition) is 3. The molecular weight excluding hydrogens is 160 g/mol. The molecule has 0 saturated carbocycles. The second-order valence-electron chi connectivity index (χ2n) is 2.14. The standard InChI is InChI=1S/2C3H7NO.CH2O/c2*1-4(2)3-5;1-2/h2*3H,1-2H3;1H2. The predicted molar refractivity (Wildman–Crippen MR) is 46.6 cm³/mol. The van der Waals surface area contributed by atoms with Gasteiger partial charge in [-0.15, -0.1) is 0 Å². The monoisotopic (exact) mass is 176 g/mol. The summed E-state index contributed by atoms with van der Waals surface area (Å²) >= 11 is 0. The van der Waals surface area contributed by atoms with Crippen LogP contribution in [0.1, 0.15) is 0 Å². The Morgan fingerprint density at radius 2 is 0.917 bits per heavy atom. The fourth-order valence-corrected chi connectivity index (χ4v) is 0. The number of amides is 2. The lowest BCUT2D eigenvalue weighted by molar-refractivity contribution is -0.116. The molecule has 0 aromatic carbocycles. The molecule has 0 unspecified atom stereocenters. The third-order valence-corrected chi connectivity index (χ3v) is 0.422. The molecule has 0 aliphatic heterocycles. The van der Waals surface area contributed by atoms with Gasteiger partial charge in [0.15, 0.2) is 0 Å². The third kappa shape index (κ3) is 73.2. The maximum atomic E-state index is 9.43. The molecular formula is C7H16N2O3. The molecule has 72 valence electrons. The lowest BCUT2D eigenvalue weighted by Crippen LogP contribution is -2.06. The van der Waals surface area contributed by atoms with Crippen molar-refractivity contribution in [3.05, 3.63) is 0 Å². The van der Waals surface area contributed by atoms with Crippen LogP contribution in [-0.4, -0.2) is 57.6 Å². The van der Waals surface area contributed by atoms with E-state index in [1.165, 1.54) is 9.80 Å². The molecule has 0 atom stereocenters. The van der Waals surface area contributed by atoms with Crippen LogP contribution in [0.5, 0.6) is 0 Å². The highest BCUT2D eigenvalue weighted by Gasteiger charge is 1.68. The summed E-state index contributed by atoms with van der Waals surface area (Å²) in [5.74, 6) is 0. The maximum absolute atomic E-state index is 9.43. The molecule has 5 heteroatoms. The van der Waals surface area contributed by atoms with Gasteiger partial charge < -0.3 is 14.6 Å². The van der Waals surface area contributed by atoms with E-state index >= 15 is 0 Å². The van der Waals surface area contributed by atoms with Crippen LogP contribution in [0.15, 0.2) is 0 Å². The Balaban J connectivity index is -0.000000112. The number of carbonyl (C=O) groups excluding carboxylic acids is 3. The van der Waals surface area contributed by atoms with Gasteiger partial charge >= 0.3 is 0 Å². The highest BCUT2D eigenvalue weighted by atomic mass is 16.1. The maximum Gasteiger partial charge on any atom is 0.209 e. The molecule has 0 aliphatic rings. The van der Waals surface area contributed by atoms with Crippen LogP contribution in [0.2, 0.25) is 0 Å². The van der Waals surface area contributed by atoms with Crippen molar-refractivity contribution >= 4 is 19.6 Å². The quantitative estimate of drug-likeness (QED) is 0.519. The van der Waals surface area contributed by atoms with Crippen molar-refractivity contribution in [1.82, 2.24) is 9.80 Å². The molecule has 2 amide bonds. The number of nitrogens with zero attached hydrogens (tertiary/aromatic N) is 2. The molecule has 0 N–H and O–H groups in total. The van der Waals surface area contributed by atoms with Crippen molar-refractivity contribution in [3.8, 4) is 0 Å². The van der Waals surface area contributed by atoms with E-state index in [4.69, 9.17) is 4.79 Å². The Morgan fingerprint density at radius 3 is 0.917 bits per heavy atom. The molecule has 5 nitrogen and oxygen atoms in total. The summed E-state index contributed by atoms with van der Waals surface area (Å²) in [5, 5.41) is 0. The second kappa shape index (κ2) is 16.3. The van der Waals surface area contributed by atoms with E-state index in [0.29, 0.717) is 0 Å². The Morgan fingerprint density at radius 1 is 0.833 bits per heavy atom. The van der Waals surface area contributed by atoms with Crippen molar-refractivity contribution in [1.29, 1.82) is 0 Å². The minimum absolute atomic E-state index is 0.750. The highest BCUT2D eigenvalue weighted by Crippen LogP contribution is 1.52. The first-order chi connectivity index (χ1) is 5.54. The molecule has 0 saturated heterocycles. The summed E-state index contributed by atoms with van der Waals surface area (Å²) in [6.07, 6.45) is 1.50. The van der Waals surface area contributed by atoms with E-state index in [-0.39, 0.29) is 0 Å². The van der Waals surface area contributed by atoms with Crippen LogP contribution < -0.4 is 0 Å². The zero-order valence-electron chi connectivity index (χ0n) is 7.98. The average molecular weight is 176 g/mol. The molecule has 0 fully saturated rings. The SMILES string of the molecule is C=O.CN(C)C=O.CN(C)C=O. The topological polar surface area (TPSA) is 57.7 Å². The largest absolute Gasteiger partial charge is 0.351 e. The van der Waals surface area contributed by atoms with Gasteiger partial charge in [-0.25, -0.2) is 0 Å². The van der Waals surface area contributed by atoms with Crippen LogP contribution in [0.25, 0.3) is 0 Å². The van der Waals surface area contributed by atoms with Crippen LogP contribution in [0.3, 0.4) is 0 Å². The Hall–Kier alpha value is -1.39. The normalized spacial score (nSPS) is 6.00. The molecule has 0 rings (SSSR count). The average Bonchev–Trinajstić information content (AvgIpc) is 2.09. The molecule has 0 spiro atoms. The van der Waals surface area contributed by atoms with E-state index in [1.54, 1.807) is 28.2 Å². The summed E-state index contributed by atoms with van der Waals surface area (Å²) < 4.78 is 0. The second-order valence-corrected chi connectivity index (χ2v) is 2.14. The van der Waals surface area contributed by atoms with Crippen LogP contribution in [0.4, 0.5) is 0 Å². The van der Waals surface area contributed by atoms with Gasteiger partial charge in [0.1, 0.15) is 6.79 Å². The van der Waals surface area contributed by atoms with Gasteiger partial charge in [0, 0.05) is 28.2 Å². The van der Waals surface area contributed by atoms with E-state index < -0.39 is 0 Å². The van der Waals surface area contributed by atoms with Crippen LogP contribution in [-0.2, 0) is 14.4 Å². The van der Waals surface area contributed by atoms with Crippen molar-refractivity contribution in [2.45, 2.75) is 0 Å². The third-order valence-electron chi connectivity index (χ3n) is 0.422. The molecule has 0 aromatic heterocycles. The fourth-order valence-electron chi connectivity index (χ4n) is 0. The zero-order chi connectivity index (χ0) is 10.6. The minimum Gasteiger partial charge on any atom is -0.351 e. The van der Waals surface area contributed by atoms with Crippen molar-refractivity contribution in [2.75, 3.05) is 28.2 Å². The fraction of sp³-hybridized carbons (Fsp3) is 0.571. The molecule has 12 heavy (non-hydrogen) atoms. The zero-order valence-corrected chi connectivity index (χ0v) is 7.98. The van der Waals surface area contributed by atoms with Gasteiger partial charge in [0.05, 0.1) is 0 Å². The molecule has 0 aliphatic carbocycles. The van der Waals surface area contributed by atoms with Gasteiger partial charge in [-0.3, -0.25) is 9.59 Å². The van der Waals surface area contributed by atoms with Crippen molar-refractivity contribution in [2.24, 2.45) is 0 Å². The van der Waals surface area contributed by atoms with E-state index in [2.05, 4.69) is 0 Å². The molecule has 0 radical (unpaired) electrons. The Bertz CT molecular complexity index is 92.8. The Labute approximate surface area is 72.9 Å². The van der Waals surface area contributed by atoms with Gasteiger partial charge in [-0.05, 0) is 0 Å². The predicted octanol–water partition coefficient (Wildman–Crippen LogP) is -0.776. The van der Waals surface area contributed by atoms with Crippen LogP contribution >= 0.6 is 0 Å². The Kier molecular flexibility index (Phi) is 23.0. The summed E-state index contributed by atoms with van der Waals surface area (Å²) in [6, 6.07) is 0. The first-order valence-corrected chi connectivity index (χ1v) is 3.07.